The first kappa shape index (κ1) is 15.7. The number of hydrogen-bond donors (Lipinski definition) is 0. The summed E-state index contributed by atoms with van der Waals surface area (Å²) >= 11 is 3.00. The largest absolute Gasteiger partial charge is 0.390 e. The average Bonchev–Trinajstić information content (AvgIpc) is 2.27. The second kappa shape index (κ2) is 6.18. The fraction of sp³-hybridized carbons (Fsp3) is 0.500. The van der Waals surface area contributed by atoms with Gasteiger partial charge in [0, 0.05) is 19.2 Å². The zero-order valence-corrected chi connectivity index (χ0v) is 11.5. The van der Waals surface area contributed by atoms with Crippen molar-refractivity contribution in [3.8, 4) is 0 Å². The van der Waals surface area contributed by atoms with Crippen molar-refractivity contribution in [2.45, 2.75) is 19.5 Å². The van der Waals surface area contributed by atoms with E-state index in [4.69, 9.17) is 0 Å². The normalized spacial score (nSPS) is 11.4. The van der Waals surface area contributed by atoms with Gasteiger partial charge >= 0.3 is 6.18 Å². The number of alkyl halides is 3. The van der Waals surface area contributed by atoms with E-state index in [2.05, 4.69) is 20.9 Å². The maximum Gasteiger partial charge on any atom is 0.390 e. The quantitative estimate of drug-likeness (QED) is 0.467. The summed E-state index contributed by atoms with van der Waals surface area (Å²) in [5, 5.41) is 10.7. The van der Waals surface area contributed by atoms with Crippen LogP contribution in [-0.4, -0.2) is 29.2 Å². The van der Waals surface area contributed by atoms with Gasteiger partial charge in [0.05, 0.1) is 17.4 Å². The molecule has 19 heavy (non-hydrogen) atoms. The molecule has 1 heterocycles. The van der Waals surface area contributed by atoms with E-state index < -0.39 is 17.5 Å². The van der Waals surface area contributed by atoms with Crippen molar-refractivity contribution in [3.05, 3.63) is 26.9 Å². The van der Waals surface area contributed by atoms with E-state index in [1.165, 1.54) is 11.0 Å². The van der Waals surface area contributed by atoms with E-state index in [1.54, 1.807) is 6.92 Å². The minimum absolute atomic E-state index is 0.146. The lowest BCUT2D eigenvalue weighted by Gasteiger charge is -2.22. The molecule has 0 aliphatic rings. The highest BCUT2D eigenvalue weighted by molar-refractivity contribution is 9.10. The third kappa shape index (κ3) is 5.01. The lowest BCUT2D eigenvalue weighted by molar-refractivity contribution is -0.384. The summed E-state index contributed by atoms with van der Waals surface area (Å²) in [7, 11) is 0. The molecule has 0 fully saturated rings. The first-order valence-corrected chi connectivity index (χ1v) is 6.16. The van der Waals surface area contributed by atoms with Crippen molar-refractivity contribution in [1.82, 2.24) is 4.98 Å². The predicted octanol–water partition coefficient (Wildman–Crippen LogP) is 3.53. The van der Waals surface area contributed by atoms with Crippen LogP contribution in [0.4, 0.5) is 24.7 Å². The Labute approximate surface area is 115 Å². The molecular formula is C10H11BrF3N3O2. The van der Waals surface area contributed by atoms with Crippen LogP contribution < -0.4 is 4.90 Å². The third-order valence-electron chi connectivity index (χ3n) is 2.35. The number of pyridine rings is 1. The molecule has 106 valence electrons. The highest BCUT2D eigenvalue weighted by atomic mass is 79.9. The van der Waals surface area contributed by atoms with Crippen LogP contribution in [0.5, 0.6) is 0 Å². The molecule has 0 atom stereocenters. The first-order chi connectivity index (χ1) is 8.73. The van der Waals surface area contributed by atoms with Gasteiger partial charge in [-0.25, -0.2) is 4.98 Å². The zero-order chi connectivity index (χ0) is 14.6. The van der Waals surface area contributed by atoms with Gasteiger partial charge in [-0.05, 0) is 22.9 Å². The van der Waals surface area contributed by atoms with Crippen LogP contribution in [0.15, 0.2) is 16.7 Å². The molecule has 0 unspecified atom stereocenters. The van der Waals surface area contributed by atoms with E-state index in [9.17, 15) is 23.3 Å². The zero-order valence-electron chi connectivity index (χ0n) is 9.95. The molecular weight excluding hydrogens is 331 g/mol. The van der Waals surface area contributed by atoms with Gasteiger partial charge in [0.2, 0.25) is 0 Å². The molecule has 1 rings (SSSR count). The molecule has 0 spiro atoms. The predicted molar refractivity (Wildman–Crippen MR) is 67.2 cm³/mol. The molecule has 0 amide bonds. The summed E-state index contributed by atoms with van der Waals surface area (Å²) in [5.41, 5.74) is -0.220. The van der Waals surface area contributed by atoms with Crippen LogP contribution in [0.2, 0.25) is 0 Å². The van der Waals surface area contributed by atoms with Gasteiger partial charge in [0.15, 0.2) is 0 Å². The molecule has 9 heteroatoms. The Hall–Kier alpha value is -1.38. The van der Waals surface area contributed by atoms with Gasteiger partial charge in [0.1, 0.15) is 10.4 Å². The fourth-order valence-electron chi connectivity index (χ4n) is 1.43. The van der Waals surface area contributed by atoms with Gasteiger partial charge in [-0.15, -0.1) is 0 Å². The van der Waals surface area contributed by atoms with E-state index >= 15 is 0 Å². The highest BCUT2D eigenvalue weighted by Gasteiger charge is 2.28. The minimum Gasteiger partial charge on any atom is -0.356 e. The van der Waals surface area contributed by atoms with Crippen LogP contribution in [0.3, 0.4) is 0 Å². The minimum atomic E-state index is -4.27. The van der Waals surface area contributed by atoms with Crippen molar-refractivity contribution >= 4 is 27.4 Å². The Morgan fingerprint density at radius 1 is 1.47 bits per heavy atom. The van der Waals surface area contributed by atoms with Gasteiger partial charge in [-0.1, -0.05) is 0 Å². The second-order valence-electron chi connectivity index (χ2n) is 3.71. The summed E-state index contributed by atoms with van der Waals surface area (Å²) < 4.78 is 36.8. The smallest absolute Gasteiger partial charge is 0.356 e. The van der Waals surface area contributed by atoms with Gasteiger partial charge in [0.25, 0.3) is 5.69 Å². The first-order valence-electron chi connectivity index (χ1n) is 5.36. The maximum atomic E-state index is 12.2. The Bertz CT molecular complexity index is 468. The second-order valence-corrected chi connectivity index (χ2v) is 4.52. The number of hydrogen-bond acceptors (Lipinski definition) is 4. The summed E-state index contributed by atoms with van der Waals surface area (Å²) in [6, 6.07) is 2.35. The van der Waals surface area contributed by atoms with Crippen molar-refractivity contribution in [2.75, 3.05) is 18.0 Å². The Morgan fingerprint density at radius 2 is 2.11 bits per heavy atom. The van der Waals surface area contributed by atoms with E-state index in [1.807, 2.05) is 0 Å². The Morgan fingerprint density at radius 3 is 2.58 bits per heavy atom. The number of halogens is 4. The number of nitro groups is 1. The Kier molecular flexibility index (Phi) is 5.10. The summed E-state index contributed by atoms with van der Waals surface area (Å²) in [5.74, 6) is 0.146. The van der Waals surface area contributed by atoms with Crippen LogP contribution in [0.1, 0.15) is 13.3 Å². The lowest BCUT2D eigenvalue weighted by atomic mass is 10.3. The van der Waals surface area contributed by atoms with Crippen LogP contribution >= 0.6 is 15.9 Å². The summed E-state index contributed by atoms with van der Waals surface area (Å²) in [6.07, 6.45) is -5.27. The maximum absolute atomic E-state index is 12.2. The Balaban J connectivity index is 2.95. The van der Waals surface area contributed by atoms with Gasteiger partial charge in [-0.3, -0.25) is 10.1 Å². The molecule has 0 N–H and O–H groups in total. The van der Waals surface area contributed by atoms with E-state index in [0.717, 1.165) is 6.07 Å². The van der Waals surface area contributed by atoms with Crippen molar-refractivity contribution in [1.29, 1.82) is 0 Å². The number of rotatable bonds is 5. The monoisotopic (exact) mass is 341 g/mol. The van der Waals surface area contributed by atoms with E-state index in [0.29, 0.717) is 0 Å². The third-order valence-corrected chi connectivity index (χ3v) is 2.75. The molecule has 0 aliphatic heterocycles. The van der Waals surface area contributed by atoms with Crippen molar-refractivity contribution < 1.29 is 18.1 Å². The molecule has 1 aromatic rings. The molecule has 0 aliphatic carbocycles. The molecule has 0 aromatic carbocycles. The van der Waals surface area contributed by atoms with Crippen molar-refractivity contribution in [3.63, 3.8) is 0 Å². The summed E-state index contributed by atoms with van der Waals surface area (Å²) in [6.45, 7) is 1.64. The van der Waals surface area contributed by atoms with E-state index in [-0.39, 0.29) is 29.2 Å². The van der Waals surface area contributed by atoms with Gasteiger partial charge in [-0.2, -0.15) is 13.2 Å². The fourth-order valence-corrected chi connectivity index (χ4v) is 1.85. The van der Waals surface area contributed by atoms with Crippen molar-refractivity contribution in [2.24, 2.45) is 0 Å². The number of aromatic nitrogens is 1. The SMILES string of the molecule is CCN(CCC(F)(F)F)c1cc([N+](=O)[O-])cc(Br)n1. The van der Waals surface area contributed by atoms with Crippen LogP contribution in [0, 0.1) is 10.1 Å². The molecule has 1 aromatic heterocycles. The number of nitrogens with zero attached hydrogens (tertiary/aromatic N) is 3. The standard InChI is InChI=1S/C10H11BrF3N3O2/c1-2-16(4-3-10(12,13)14)9-6-7(17(18)19)5-8(11)15-9/h5-6H,2-4H2,1H3. The lowest BCUT2D eigenvalue weighted by Crippen LogP contribution is -2.28. The van der Waals surface area contributed by atoms with Gasteiger partial charge < -0.3 is 4.90 Å². The van der Waals surface area contributed by atoms with Crippen LogP contribution in [-0.2, 0) is 0 Å². The molecule has 0 bridgehead atoms. The van der Waals surface area contributed by atoms with Crippen LogP contribution in [0.25, 0.3) is 0 Å². The number of anilines is 1. The molecule has 0 saturated heterocycles. The average molecular weight is 342 g/mol. The topological polar surface area (TPSA) is 59.3 Å². The highest BCUT2D eigenvalue weighted by Crippen LogP contribution is 2.25. The molecule has 0 saturated carbocycles. The molecule has 0 radical (unpaired) electrons. The molecule has 5 nitrogen and oxygen atoms in total. The summed E-state index contributed by atoms with van der Waals surface area (Å²) in [4.78, 5) is 15.4.